The van der Waals surface area contributed by atoms with Crippen LogP contribution in [-0.4, -0.2) is 17.4 Å². The fraction of sp³-hybridized carbons (Fsp3) is 0.222. The molecule has 0 unspecified atom stereocenters. The zero-order chi connectivity index (χ0) is 15.9. The van der Waals surface area contributed by atoms with Crippen LogP contribution in [0.1, 0.15) is 35.8 Å². The minimum absolute atomic E-state index is 0.215. The van der Waals surface area contributed by atoms with E-state index in [1.165, 1.54) is 5.56 Å². The van der Waals surface area contributed by atoms with E-state index in [4.69, 9.17) is 0 Å². The van der Waals surface area contributed by atoms with Gasteiger partial charge in [-0.1, -0.05) is 32.1 Å². The van der Waals surface area contributed by atoms with Crippen LogP contribution < -0.4 is 10.6 Å². The summed E-state index contributed by atoms with van der Waals surface area (Å²) < 4.78 is 0. The minimum Gasteiger partial charge on any atom is -0.380 e. The first-order valence-electron chi connectivity index (χ1n) is 7.32. The molecule has 1 aromatic heterocycles. The van der Waals surface area contributed by atoms with Crippen molar-refractivity contribution in [3.63, 3.8) is 0 Å². The largest absolute Gasteiger partial charge is 0.380 e. The molecule has 0 radical (unpaired) electrons. The monoisotopic (exact) mass is 295 g/mol. The van der Waals surface area contributed by atoms with E-state index in [-0.39, 0.29) is 5.91 Å². The molecular weight excluding hydrogens is 274 g/mol. The molecule has 0 aliphatic carbocycles. The first-order chi connectivity index (χ1) is 10.6. The van der Waals surface area contributed by atoms with E-state index in [1.807, 2.05) is 30.3 Å². The maximum Gasteiger partial charge on any atom is 0.274 e. The summed E-state index contributed by atoms with van der Waals surface area (Å²) >= 11 is 0. The molecule has 2 N–H and O–H groups in total. The Hall–Kier alpha value is -2.62. The summed E-state index contributed by atoms with van der Waals surface area (Å²) in [7, 11) is 0. The predicted molar refractivity (Wildman–Crippen MR) is 91.4 cm³/mol. The predicted octanol–water partition coefficient (Wildman–Crippen LogP) is 4.06. The van der Waals surface area contributed by atoms with Gasteiger partial charge >= 0.3 is 0 Å². The smallest absolute Gasteiger partial charge is 0.274 e. The Labute approximate surface area is 131 Å². The third-order valence-corrected chi connectivity index (χ3v) is 3.28. The lowest BCUT2D eigenvalue weighted by Crippen LogP contribution is -2.13. The van der Waals surface area contributed by atoms with Gasteiger partial charge in [-0.25, -0.2) is 4.98 Å². The second kappa shape index (κ2) is 7.41. The van der Waals surface area contributed by atoms with E-state index >= 15 is 0 Å². The molecule has 0 atom stereocenters. The maximum absolute atomic E-state index is 12.1. The van der Waals surface area contributed by atoms with Gasteiger partial charge in [0.05, 0.1) is 11.9 Å². The van der Waals surface area contributed by atoms with E-state index in [0.29, 0.717) is 18.2 Å². The number of hydrogen-bond acceptors (Lipinski definition) is 3. The van der Waals surface area contributed by atoms with Gasteiger partial charge in [-0.3, -0.25) is 4.79 Å². The third kappa shape index (κ3) is 4.19. The summed E-state index contributed by atoms with van der Waals surface area (Å²) in [5.41, 5.74) is 3.26. The minimum atomic E-state index is -0.215. The Kier molecular flexibility index (Phi) is 5.31. The second-order valence-electron chi connectivity index (χ2n) is 5.33. The Morgan fingerprint density at radius 2 is 1.86 bits per heavy atom. The van der Waals surface area contributed by atoms with Crippen molar-refractivity contribution in [2.24, 2.45) is 0 Å². The fourth-order valence-corrected chi connectivity index (χ4v) is 1.97. The van der Waals surface area contributed by atoms with Gasteiger partial charge in [0, 0.05) is 12.2 Å². The quantitative estimate of drug-likeness (QED) is 0.790. The number of anilines is 2. The molecule has 0 saturated heterocycles. The number of benzene rings is 1. The molecular formula is C18H21N3O. The number of pyridine rings is 1. The van der Waals surface area contributed by atoms with Gasteiger partial charge in [-0.2, -0.15) is 0 Å². The molecule has 4 nitrogen and oxygen atoms in total. The summed E-state index contributed by atoms with van der Waals surface area (Å²) in [6.07, 6.45) is 3.40. The van der Waals surface area contributed by atoms with Crippen molar-refractivity contribution in [1.82, 2.24) is 4.98 Å². The molecule has 2 aromatic rings. The summed E-state index contributed by atoms with van der Waals surface area (Å²) in [5, 5.41) is 5.96. The van der Waals surface area contributed by atoms with Crippen LogP contribution in [0.25, 0.3) is 0 Å². The summed E-state index contributed by atoms with van der Waals surface area (Å²) in [6, 6.07) is 11.4. The highest BCUT2D eigenvalue weighted by atomic mass is 16.1. The van der Waals surface area contributed by atoms with Crippen molar-refractivity contribution < 1.29 is 4.79 Å². The maximum atomic E-state index is 12.1. The van der Waals surface area contributed by atoms with E-state index < -0.39 is 0 Å². The highest BCUT2D eigenvalue weighted by molar-refractivity contribution is 6.02. The Morgan fingerprint density at radius 3 is 2.41 bits per heavy atom. The number of carbonyl (C=O) groups excluding carboxylic acids is 1. The summed E-state index contributed by atoms with van der Waals surface area (Å²) in [4.78, 5) is 16.3. The number of carbonyl (C=O) groups is 1. The average Bonchev–Trinajstić information content (AvgIpc) is 2.54. The van der Waals surface area contributed by atoms with Gasteiger partial charge in [0.2, 0.25) is 0 Å². The third-order valence-electron chi connectivity index (χ3n) is 3.28. The van der Waals surface area contributed by atoms with Gasteiger partial charge in [-0.15, -0.1) is 6.58 Å². The lowest BCUT2D eigenvalue weighted by Gasteiger charge is -2.08. The molecule has 0 bridgehead atoms. The van der Waals surface area contributed by atoms with Crippen molar-refractivity contribution in [2.75, 3.05) is 17.2 Å². The molecule has 0 saturated carbocycles. The molecule has 0 spiro atoms. The van der Waals surface area contributed by atoms with Gasteiger partial charge in [0.15, 0.2) is 0 Å². The van der Waals surface area contributed by atoms with Crippen molar-refractivity contribution in [1.29, 1.82) is 0 Å². The van der Waals surface area contributed by atoms with Crippen molar-refractivity contribution in [3.05, 3.63) is 66.5 Å². The van der Waals surface area contributed by atoms with E-state index in [2.05, 4.69) is 36.0 Å². The van der Waals surface area contributed by atoms with Crippen LogP contribution in [0.4, 0.5) is 11.4 Å². The normalized spacial score (nSPS) is 10.3. The average molecular weight is 295 g/mol. The zero-order valence-electron chi connectivity index (χ0n) is 13.0. The SMILES string of the molecule is C=CCNc1ccc(C(=O)Nc2ccc(C(C)C)cc2)nc1. The first-order valence-corrected chi connectivity index (χ1v) is 7.32. The Bertz CT molecular complexity index is 630. The number of aromatic nitrogens is 1. The van der Waals surface area contributed by atoms with E-state index in [0.717, 1.165) is 11.4 Å². The van der Waals surface area contributed by atoms with E-state index in [1.54, 1.807) is 18.3 Å². The van der Waals surface area contributed by atoms with Crippen molar-refractivity contribution in [3.8, 4) is 0 Å². The molecule has 1 aromatic carbocycles. The van der Waals surface area contributed by atoms with Gasteiger partial charge in [-0.05, 0) is 35.7 Å². The van der Waals surface area contributed by atoms with Crippen LogP contribution >= 0.6 is 0 Å². The van der Waals surface area contributed by atoms with Crippen LogP contribution in [0.15, 0.2) is 55.3 Å². The molecule has 2 rings (SSSR count). The molecule has 0 fully saturated rings. The molecule has 1 amide bonds. The van der Waals surface area contributed by atoms with Gasteiger partial charge in [0.1, 0.15) is 5.69 Å². The lowest BCUT2D eigenvalue weighted by atomic mass is 10.0. The lowest BCUT2D eigenvalue weighted by molar-refractivity contribution is 0.102. The number of nitrogens with zero attached hydrogens (tertiary/aromatic N) is 1. The summed E-state index contributed by atoms with van der Waals surface area (Å²) in [5.74, 6) is 0.259. The van der Waals surface area contributed by atoms with E-state index in [9.17, 15) is 4.79 Å². The molecule has 22 heavy (non-hydrogen) atoms. The number of amides is 1. The van der Waals surface area contributed by atoms with Crippen LogP contribution in [0.2, 0.25) is 0 Å². The molecule has 0 aliphatic heterocycles. The number of hydrogen-bond donors (Lipinski definition) is 2. The topological polar surface area (TPSA) is 54.0 Å². The van der Waals surface area contributed by atoms with Crippen LogP contribution in [-0.2, 0) is 0 Å². The zero-order valence-corrected chi connectivity index (χ0v) is 13.0. The standard InChI is InChI=1S/C18H21N3O/c1-4-11-19-16-9-10-17(20-12-16)18(22)21-15-7-5-14(6-8-15)13(2)3/h4-10,12-13,19H,1,11H2,2-3H3,(H,21,22). The van der Waals surface area contributed by atoms with Crippen molar-refractivity contribution >= 4 is 17.3 Å². The molecule has 114 valence electrons. The van der Waals surface area contributed by atoms with Gasteiger partial charge < -0.3 is 10.6 Å². The fourth-order valence-electron chi connectivity index (χ4n) is 1.97. The number of rotatable bonds is 6. The Balaban J connectivity index is 2.00. The van der Waals surface area contributed by atoms with Crippen LogP contribution in [0, 0.1) is 0 Å². The highest BCUT2D eigenvalue weighted by Gasteiger charge is 2.08. The first kappa shape index (κ1) is 15.8. The van der Waals surface area contributed by atoms with Crippen LogP contribution in [0.5, 0.6) is 0 Å². The second-order valence-corrected chi connectivity index (χ2v) is 5.33. The van der Waals surface area contributed by atoms with Crippen molar-refractivity contribution in [2.45, 2.75) is 19.8 Å². The Morgan fingerprint density at radius 1 is 1.18 bits per heavy atom. The molecule has 1 heterocycles. The summed E-state index contributed by atoms with van der Waals surface area (Å²) in [6.45, 7) is 8.58. The number of nitrogens with one attached hydrogen (secondary N) is 2. The van der Waals surface area contributed by atoms with Crippen LogP contribution in [0.3, 0.4) is 0 Å². The molecule has 0 aliphatic rings. The van der Waals surface area contributed by atoms with Gasteiger partial charge in [0.25, 0.3) is 5.91 Å². The molecule has 4 heteroatoms. The highest BCUT2D eigenvalue weighted by Crippen LogP contribution is 2.17.